The molecule has 1 aromatic heterocycles. The van der Waals surface area contributed by atoms with Crippen LogP contribution in [-0.2, 0) is 30.0 Å². The van der Waals surface area contributed by atoms with E-state index in [2.05, 4.69) is 15.1 Å². The molecule has 1 aliphatic heterocycles. The Kier molecular flexibility index (Phi) is 4.98. The Hall–Kier alpha value is -2.06. The lowest BCUT2D eigenvalue weighted by molar-refractivity contribution is 0.406. The molecule has 0 saturated heterocycles. The zero-order valence-electron chi connectivity index (χ0n) is 15.9. The van der Waals surface area contributed by atoms with Crippen molar-refractivity contribution in [3.05, 3.63) is 34.5 Å². The topological polar surface area (TPSA) is 85.2 Å². The largest absolute Gasteiger partial charge is 0.496 e. The first-order valence-corrected chi connectivity index (χ1v) is 10.2. The van der Waals surface area contributed by atoms with Crippen LogP contribution in [0, 0.1) is 6.92 Å². The molecule has 0 bridgehead atoms. The van der Waals surface area contributed by atoms with E-state index in [1.165, 1.54) is 0 Å². The van der Waals surface area contributed by atoms with E-state index in [0.717, 1.165) is 29.8 Å². The third-order valence-corrected chi connectivity index (χ3v) is 6.27. The molecule has 3 rings (SSSR count). The van der Waals surface area contributed by atoms with Crippen molar-refractivity contribution in [1.29, 1.82) is 0 Å². The monoisotopic (exact) mass is 378 g/mol. The lowest BCUT2D eigenvalue weighted by Crippen LogP contribution is -2.25. The van der Waals surface area contributed by atoms with Gasteiger partial charge in [0.05, 0.1) is 17.7 Å². The maximum absolute atomic E-state index is 13.1. The summed E-state index contributed by atoms with van der Waals surface area (Å²) in [5, 5.41) is 7.66. The normalized spacial score (nSPS) is 14.4. The molecule has 0 fully saturated rings. The van der Waals surface area contributed by atoms with E-state index in [1.807, 2.05) is 20.9 Å². The molecule has 0 radical (unpaired) electrons. The van der Waals surface area contributed by atoms with Crippen molar-refractivity contribution in [2.45, 2.75) is 44.6 Å². The standard InChI is InChI=1S/C18H26N4O3S/c1-11(2)14-9-17(12(3)8-16(14)25-5)26(23,24)21-18-13-6-7-19-10-15(13)22(4)20-18/h8-9,11,19H,6-7,10H2,1-5H3,(H,20,21). The third kappa shape index (κ3) is 3.31. The van der Waals surface area contributed by atoms with E-state index in [0.29, 0.717) is 23.7 Å². The van der Waals surface area contributed by atoms with Gasteiger partial charge in [-0.05, 0) is 49.1 Å². The summed E-state index contributed by atoms with van der Waals surface area (Å²) in [5.74, 6) is 1.27. The average molecular weight is 378 g/mol. The second kappa shape index (κ2) is 6.92. The van der Waals surface area contributed by atoms with Crippen molar-refractivity contribution < 1.29 is 13.2 Å². The van der Waals surface area contributed by atoms with Gasteiger partial charge in [-0.3, -0.25) is 9.40 Å². The van der Waals surface area contributed by atoms with Gasteiger partial charge in [-0.2, -0.15) is 5.10 Å². The van der Waals surface area contributed by atoms with Gasteiger partial charge in [0, 0.05) is 19.2 Å². The molecule has 0 atom stereocenters. The number of aromatic nitrogens is 2. The quantitative estimate of drug-likeness (QED) is 0.834. The van der Waals surface area contributed by atoms with Crippen molar-refractivity contribution in [3.63, 3.8) is 0 Å². The fourth-order valence-corrected chi connectivity index (χ4v) is 4.66. The number of methoxy groups -OCH3 is 1. The van der Waals surface area contributed by atoms with E-state index in [4.69, 9.17) is 4.74 Å². The number of anilines is 1. The second-order valence-electron chi connectivity index (χ2n) is 6.94. The fourth-order valence-electron chi connectivity index (χ4n) is 3.37. The van der Waals surface area contributed by atoms with Crippen LogP contribution in [0.1, 0.15) is 42.1 Å². The molecule has 2 aromatic rings. The number of fused-ring (bicyclic) bond motifs is 1. The van der Waals surface area contributed by atoms with Gasteiger partial charge in [0.15, 0.2) is 5.82 Å². The number of aryl methyl sites for hydroxylation is 2. The number of sulfonamides is 1. The number of nitrogens with one attached hydrogen (secondary N) is 2. The summed E-state index contributed by atoms with van der Waals surface area (Å²) in [4.78, 5) is 0.260. The highest BCUT2D eigenvalue weighted by Crippen LogP contribution is 2.33. The van der Waals surface area contributed by atoms with Crippen LogP contribution in [0.4, 0.5) is 5.82 Å². The minimum Gasteiger partial charge on any atom is -0.496 e. The van der Waals surface area contributed by atoms with Gasteiger partial charge in [-0.1, -0.05) is 13.8 Å². The molecule has 0 aliphatic carbocycles. The highest BCUT2D eigenvalue weighted by Gasteiger charge is 2.26. The van der Waals surface area contributed by atoms with Gasteiger partial charge >= 0.3 is 0 Å². The molecule has 0 spiro atoms. The number of hydrogen-bond donors (Lipinski definition) is 2. The zero-order valence-corrected chi connectivity index (χ0v) is 16.7. The Morgan fingerprint density at radius 3 is 2.73 bits per heavy atom. The van der Waals surface area contributed by atoms with Crippen LogP contribution in [0.15, 0.2) is 17.0 Å². The molecule has 2 heterocycles. The zero-order chi connectivity index (χ0) is 19.1. The lowest BCUT2D eigenvalue weighted by atomic mass is 10.0. The molecule has 142 valence electrons. The Morgan fingerprint density at radius 2 is 2.08 bits per heavy atom. The van der Waals surface area contributed by atoms with Crippen LogP contribution in [0.5, 0.6) is 5.75 Å². The highest BCUT2D eigenvalue weighted by molar-refractivity contribution is 7.92. The first-order chi connectivity index (χ1) is 12.2. The Balaban J connectivity index is 2.03. The van der Waals surface area contributed by atoms with E-state index in [1.54, 1.807) is 30.8 Å². The van der Waals surface area contributed by atoms with Gasteiger partial charge in [-0.25, -0.2) is 8.42 Å². The average Bonchev–Trinajstić information content (AvgIpc) is 2.89. The third-order valence-electron chi connectivity index (χ3n) is 4.79. The molecule has 1 aromatic carbocycles. The van der Waals surface area contributed by atoms with E-state index in [9.17, 15) is 8.42 Å². The van der Waals surface area contributed by atoms with Crippen LogP contribution in [0.2, 0.25) is 0 Å². The van der Waals surface area contributed by atoms with Crippen LogP contribution >= 0.6 is 0 Å². The maximum atomic E-state index is 13.1. The smallest absolute Gasteiger partial charge is 0.263 e. The predicted octanol–water partition coefficient (Wildman–Crippen LogP) is 2.31. The molecule has 2 N–H and O–H groups in total. The van der Waals surface area contributed by atoms with Crippen LogP contribution in [0.3, 0.4) is 0 Å². The molecule has 26 heavy (non-hydrogen) atoms. The Bertz CT molecular complexity index is 932. The summed E-state index contributed by atoms with van der Waals surface area (Å²) in [7, 11) is -0.316. The molecule has 7 nitrogen and oxygen atoms in total. The van der Waals surface area contributed by atoms with E-state index in [-0.39, 0.29) is 10.8 Å². The molecule has 0 saturated carbocycles. The maximum Gasteiger partial charge on any atom is 0.263 e. The Labute approximate surface area is 154 Å². The second-order valence-corrected chi connectivity index (χ2v) is 8.59. The summed E-state index contributed by atoms with van der Waals surface area (Å²) in [5.41, 5.74) is 3.49. The first-order valence-electron chi connectivity index (χ1n) is 8.71. The van der Waals surface area contributed by atoms with Crippen LogP contribution in [-0.4, -0.2) is 31.9 Å². The predicted molar refractivity (Wildman–Crippen MR) is 101 cm³/mol. The molecule has 0 amide bonds. The van der Waals surface area contributed by atoms with Gasteiger partial charge in [0.1, 0.15) is 5.75 Å². The van der Waals surface area contributed by atoms with Gasteiger partial charge in [-0.15, -0.1) is 0 Å². The van der Waals surface area contributed by atoms with Gasteiger partial charge in [0.25, 0.3) is 10.0 Å². The fraction of sp³-hybridized carbons (Fsp3) is 0.500. The molecule has 1 aliphatic rings. The van der Waals surface area contributed by atoms with Crippen LogP contribution < -0.4 is 14.8 Å². The van der Waals surface area contributed by atoms with Crippen molar-refractivity contribution in [3.8, 4) is 5.75 Å². The number of hydrogen-bond acceptors (Lipinski definition) is 5. The van der Waals surface area contributed by atoms with Crippen molar-refractivity contribution >= 4 is 15.8 Å². The Morgan fingerprint density at radius 1 is 1.35 bits per heavy atom. The molecule has 8 heteroatoms. The van der Waals surface area contributed by atoms with E-state index < -0.39 is 10.0 Å². The van der Waals surface area contributed by atoms with Gasteiger partial charge in [0.2, 0.25) is 0 Å². The summed E-state index contributed by atoms with van der Waals surface area (Å²) in [6.07, 6.45) is 0.750. The van der Waals surface area contributed by atoms with Crippen LogP contribution in [0.25, 0.3) is 0 Å². The summed E-state index contributed by atoms with van der Waals surface area (Å²) in [6, 6.07) is 3.49. The van der Waals surface area contributed by atoms with Crippen molar-refractivity contribution in [1.82, 2.24) is 15.1 Å². The number of benzene rings is 1. The number of nitrogens with zero attached hydrogens (tertiary/aromatic N) is 2. The molecular formula is C18H26N4O3S. The molecule has 0 unspecified atom stereocenters. The highest BCUT2D eigenvalue weighted by atomic mass is 32.2. The number of ether oxygens (including phenoxy) is 1. The number of rotatable bonds is 5. The SMILES string of the molecule is COc1cc(C)c(S(=O)(=O)Nc2nn(C)c3c2CCNC3)cc1C(C)C. The molecular weight excluding hydrogens is 352 g/mol. The minimum atomic E-state index is -3.75. The lowest BCUT2D eigenvalue weighted by Gasteiger charge is -2.17. The summed E-state index contributed by atoms with van der Waals surface area (Å²) < 4.78 is 36.0. The van der Waals surface area contributed by atoms with E-state index >= 15 is 0 Å². The minimum absolute atomic E-state index is 0.146. The summed E-state index contributed by atoms with van der Waals surface area (Å²) >= 11 is 0. The summed E-state index contributed by atoms with van der Waals surface area (Å²) in [6.45, 7) is 7.31. The van der Waals surface area contributed by atoms with Crippen molar-refractivity contribution in [2.24, 2.45) is 7.05 Å². The first kappa shape index (κ1) is 18.7. The van der Waals surface area contributed by atoms with Crippen molar-refractivity contribution in [2.75, 3.05) is 18.4 Å². The van der Waals surface area contributed by atoms with Gasteiger partial charge < -0.3 is 10.1 Å².